The number of rotatable bonds is 2. The summed E-state index contributed by atoms with van der Waals surface area (Å²) in [5, 5.41) is 0.682. The van der Waals surface area contributed by atoms with E-state index in [0.717, 1.165) is 10.4 Å². The Kier molecular flexibility index (Phi) is 2.88. The molecule has 1 heterocycles. The van der Waals surface area contributed by atoms with Crippen LogP contribution in [0, 0.1) is 5.82 Å². The van der Waals surface area contributed by atoms with E-state index in [1.165, 1.54) is 17.4 Å². The fraction of sp³-hybridized carbons (Fsp3) is 0.100. The van der Waals surface area contributed by atoms with Crippen molar-refractivity contribution in [3.8, 4) is 0 Å². The van der Waals surface area contributed by atoms with Gasteiger partial charge < -0.3 is 5.73 Å². The summed E-state index contributed by atoms with van der Waals surface area (Å²) < 4.78 is 13.1. The van der Waals surface area contributed by atoms with Crippen LogP contribution in [0.1, 0.15) is 10.4 Å². The summed E-state index contributed by atoms with van der Waals surface area (Å²) >= 11 is 7.21. The zero-order valence-corrected chi connectivity index (χ0v) is 9.28. The van der Waals surface area contributed by atoms with Gasteiger partial charge in [0.15, 0.2) is 5.13 Å². The molecule has 2 rings (SSSR count). The third-order valence-electron chi connectivity index (χ3n) is 1.97. The van der Waals surface area contributed by atoms with Crippen LogP contribution in [0.4, 0.5) is 9.52 Å². The maximum atomic E-state index is 13.1. The second-order valence-corrected chi connectivity index (χ2v) is 4.58. The van der Waals surface area contributed by atoms with E-state index in [1.807, 2.05) is 0 Å². The maximum absolute atomic E-state index is 13.1. The second-order valence-electron chi connectivity index (χ2n) is 3.05. The number of nitrogens with zero attached hydrogens (tertiary/aromatic N) is 1. The van der Waals surface area contributed by atoms with Crippen molar-refractivity contribution in [1.29, 1.82) is 0 Å². The molecule has 2 N–H and O–H groups in total. The molecule has 0 unspecified atom stereocenters. The first-order valence-electron chi connectivity index (χ1n) is 4.30. The van der Waals surface area contributed by atoms with Crippen molar-refractivity contribution in [2.75, 3.05) is 5.73 Å². The fourth-order valence-electron chi connectivity index (χ4n) is 1.28. The number of aromatic nitrogens is 1. The highest BCUT2D eigenvalue weighted by molar-refractivity contribution is 7.15. The highest BCUT2D eigenvalue weighted by Gasteiger charge is 2.07. The molecule has 5 heteroatoms. The van der Waals surface area contributed by atoms with Crippen LogP contribution in [0.5, 0.6) is 0 Å². The largest absolute Gasteiger partial charge is 0.375 e. The maximum Gasteiger partial charge on any atom is 0.180 e. The van der Waals surface area contributed by atoms with Gasteiger partial charge in [-0.25, -0.2) is 9.37 Å². The Balaban J connectivity index is 2.28. The Labute approximate surface area is 95.5 Å². The summed E-state index contributed by atoms with van der Waals surface area (Å²) in [5.41, 5.74) is 6.25. The number of nitrogen functional groups attached to an aromatic ring is 1. The molecule has 0 saturated heterocycles. The van der Waals surface area contributed by atoms with E-state index in [-0.39, 0.29) is 5.02 Å². The summed E-state index contributed by atoms with van der Waals surface area (Å²) in [7, 11) is 0. The molecule has 0 spiro atoms. The molecule has 1 aromatic carbocycles. The van der Waals surface area contributed by atoms with Gasteiger partial charge in [0, 0.05) is 17.5 Å². The predicted octanol–water partition coefficient (Wildman–Crippen LogP) is 3.11. The van der Waals surface area contributed by atoms with Gasteiger partial charge in [-0.1, -0.05) is 23.7 Å². The van der Waals surface area contributed by atoms with Gasteiger partial charge in [-0.2, -0.15) is 0 Å². The first kappa shape index (κ1) is 10.4. The van der Waals surface area contributed by atoms with Crippen molar-refractivity contribution in [3.63, 3.8) is 0 Å². The van der Waals surface area contributed by atoms with Crippen LogP contribution in [0.2, 0.25) is 5.02 Å². The molecule has 0 amide bonds. The molecule has 0 atom stereocenters. The number of benzene rings is 1. The molecule has 2 nitrogen and oxygen atoms in total. The molecule has 15 heavy (non-hydrogen) atoms. The lowest BCUT2D eigenvalue weighted by molar-refractivity contribution is 0.626. The molecule has 0 aliphatic carbocycles. The molecule has 1 aromatic heterocycles. The lowest BCUT2D eigenvalue weighted by atomic mass is 10.1. The van der Waals surface area contributed by atoms with E-state index >= 15 is 0 Å². The predicted molar refractivity (Wildman–Crippen MR) is 60.7 cm³/mol. The average molecular weight is 243 g/mol. The summed E-state index contributed by atoms with van der Waals surface area (Å²) in [5.74, 6) is -0.397. The van der Waals surface area contributed by atoms with Crippen molar-refractivity contribution in [2.45, 2.75) is 6.42 Å². The lowest BCUT2D eigenvalue weighted by Gasteiger charge is -2.02. The molecule has 0 saturated carbocycles. The minimum atomic E-state index is -0.397. The zero-order chi connectivity index (χ0) is 10.8. The third-order valence-corrected chi connectivity index (χ3v) is 3.22. The number of hydrogen-bond acceptors (Lipinski definition) is 3. The first-order valence-corrected chi connectivity index (χ1v) is 5.49. The van der Waals surface area contributed by atoms with Gasteiger partial charge in [-0.05, 0) is 11.6 Å². The van der Waals surface area contributed by atoms with E-state index < -0.39 is 5.82 Å². The monoisotopic (exact) mass is 242 g/mol. The minimum absolute atomic E-state index is 0.171. The fourth-order valence-corrected chi connectivity index (χ4v) is 2.18. The molecule has 0 fully saturated rings. The number of halogens is 2. The normalized spacial score (nSPS) is 10.5. The van der Waals surface area contributed by atoms with E-state index in [4.69, 9.17) is 17.3 Å². The zero-order valence-electron chi connectivity index (χ0n) is 7.71. The van der Waals surface area contributed by atoms with Gasteiger partial charge in [0.2, 0.25) is 0 Å². The summed E-state index contributed by atoms with van der Waals surface area (Å²) in [6.45, 7) is 0. The van der Waals surface area contributed by atoms with Crippen molar-refractivity contribution >= 4 is 28.1 Å². The Bertz CT molecular complexity index is 484. The number of anilines is 1. The van der Waals surface area contributed by atoms with Crippen LogP contribution in [0.3, 0.4) is 0 Å². The first-order chi connectivity index (χ1) is 7.16. The van der Waals surface area contributed by atoms with Crippen LogP contribution in [-0.2, 0) is 6.42 Å². The highest BCUT2D eigenvalue weighted by Crippen LogP contribution is 2.25. The van der Waals surface area contributed by atoms with Gasteiger partial charge in [-0.15, -0.1) is 11.3 Å². The summed E-state index contributed by atoms with van der Waals surface area (Å²) in [4.78, 5) is 4.90. The molecule has 78 valence electrons. The molecular formula is C10H8ClFN2S. The van der Waals surface area contributed by atoms with Gasteiger partial charge in [0.1, 0.15) is 5.82 Å². The van der Waals surface area contributed by atoms with Crippen LogP contribution in [0.15, 0.2) is 24.4 Å². The average Bonchev–Trinajstić information content (AvgIpc) is 2.59. The topological polar surface area (TPSA) is 38.9 Å². The van der Waals surface area contributed by atoms with Gasteiger partial charge in [0.25, 0.3) is 0 Å². The van der Waals surface area contributed by atoms with Crippen molar-refractivity contribution in [2.24, 2.45) is 0 Å². The van der Waals surface area contributed by atoms with Crippen molar-refractivity contribution in [1.82, 2.24) is 4.98 Å². The second kappa shape index (κ2) is 4.16. The van der Waals surface area contributed by atoms with E-state index in [2.05, 4.69) is 4.98 Å². The smallest absolute Gasteiger partial charge is 0.180 e. The number of hydrogen-bond donors (Lipinski definition) is 1. The summed E-state index contributed by atoms with van der Waals surface area (Å²) in [6.07, 6.45) is 2.24. The summed E-state index contributed by atoms with van der Waals surface area (Å²) in [6, 6.07) is 4.77. The van der Waals surface area contributed by atoms with E-state index in [1.54, 1.807) is 18.3 Å². The van der Waals surface area contributed by atoms with Crippen LogP contribution < -0.4 is 5.73 Å². The quantitative estimate of drug-likeness (QED) is 0.879. The minimum Gasteiger partial charge on any atom is -0.375 e. The lowest BCUT2D eigenvalue weighted by Crippen LogP contribution is -1.88. The van der Waals surface area contributed by atoms with Crippen LogP contribution in [0.25, 0.3) is 0 Å². The number of nitrogens with two attached hydrogens (primary N) is 1. The Morgan fingerprint density at radius 3 is 2.93 bits per heavy atom. The molecule has 2 aromatic rings. The highest BCUT2D eigenvalue weighted by atomic mass is 35.5. The molecule has 0 radical (unpaired) electrons. The van der Waals surface area contributed by atoms with Crippen molar-refractivity contribution in [3.05, 3.63) is 45.7 Å². The van der Waals surface area contributed by atoms with Gasteiger partial charge in [-0.3, -0.25) is 0 Å². The standard InChI is InChI=1S/C10H8ClFN2S/c11-9-6(2-1-3-8(9)12)4-7-5-14-10(13)15-7/h1-3,5H,4H2,(H2,13,14). The van der Waals surface area contributed by atoms with E-state index in [9.17, 15) is 4.39 Å². The molecular weight excluding hydrogens is 235 g/mol. The van der Waals surface area contributed by atoms with Crippen molar-refractivity contribution < 1.29 is 4.39 Å². The van der Waals surface area contributed by atoms with E-state index in [0.29, 0.717) is 11.6 Å². The Morgan fingerprint density at radius 1 is 1.47 bits per heavy atom. The third kappa shape index (κ3) is 2.27. The Hall–Kier alpha value is -1.13. The Morgan fingerprint density at radius 2 is 2.27 bits per heavy atom. The van der Waals surface area contributed by atoms with Crippen LogP contribution in [-0.4, -0.2) is 4.98 Å². The van der Waals surface area contributed by atoms with Crippen LogP contribution >= 0.6 is 22.9 Å². The van der Waals surface area contributed by atoms with Gasteiger partial charge in [0.05, 0.1) is 5.02 Å². The molecule has 0 bridgehead atoms. The molecule has 0 aliphatic rings. The molecule has 0 aliphatic heterocycles. The SMILES string of the molecule is Nc1ncc(Cc2cccc(F)c2Cl)s1. The van der Waals surface area contributed by atoms with Gasteiger partial charge >= 0.3 is 0 Å². The number of thiazole rings is 1.